The van der Waals surface area contributed by atoms with Crippen molar-refractivity contribution in [3.63, 3.8) is 0 Å². The standard InChI is InChI=1S/C17H24N4O2/c1-10(2)15-14-13(9-11(3)19-16(14)23-20-15)17(22)21(4)12-5-7-18-8-6-12/h9-10,12,18H,5-8H2,1-4H3. The lowest BCUT2D eigenvalue weighted by Crippen LogP contribution is -2.44. The summed E-state index contributed by atoms with van der Waals surface area (Å²) in [5.74, 6) is 0.203. The van der Waals surface area contributed by atoms with Gasteiger partial charge < -0.3 is 14.7 Å². The molecule has 1 amide bonds. The van der Waals surface area contributed by atoms with E-state index in [1.807, 2.05) is 38.8 Å². The van der Waals surface area contributed by atoms with Gasteiger partial charge in [0.1, 0.15) is 0 Å². The molecule has 2 aromatic rings. The quantitative estimate of drug-likeness (QED) is 0.942. The highest BCUT2D eigenvalue weighted by Gasteiger charge is 2.27. The predicted octanol–water partition coefficient (Wildman–Crippen LogP) is 2.48. The Hall–Kier alpha value is -1.95. The SMILES string of the molecule is Cc1cc(C(=O)N(C)C2CCNCC2)c2c(C(C)C)noc2n1. The first-order chi connectivity index (χ1) is 11.0. The van der Waals surface area contributed by atoms with Gasteiger partial charge in [-0.2, -0.15) is 0 Å². The minimum absolute atomic E-state index is 0.0255. The number of fused-ring (bicyclic) bond motifs is 1. The number of piperidine rings is 1. The van der Waals surface area contributed by atoms with Gasteiger partial charge >= 0.3 is 0 Å². The molecule has 0 atom stereocenters. The predicted molar refractivity (Wildman–Crippen MR) is 88.6 cm³/mol. The van der Waals surface area contributed by atoms with Crippen molar-refractivity contribution < 1.29 is 9.32 Å². The highest BCUT2D eigenvalue weighted by Crippen LogP contribution is 2.29. The van der Waals surface area contributed by atoms with Crippen molar-refractivity contribution >= 4 is 17.0 Å². The number of amides is 1. The molecule has 6 nitrogen and oxygen atoms in total. The molecule has 0 bridgehead atoms. The molecule has 23 heavy (non-hydrogen) atoms. The van der Waals surface area contributed by atoms with Gasteiger partial charge in [0.2, 0.25) is 0 Å². The summed E-state index contributed by atoms with van der Waals surface area (Å²) in [5, 5.41) is 8.23. The van der Waals surface area contributed by atoms with Crippen LogP contribution in [-0.2, 0) is 0 Å². The van der Waals surface area contributed by atoms with Crippen molar-refractivity contribution in [2.75, 3.05) is 20.1 Å². The number of hydrogen-bond donors (Lipinski definition) is 1. The van der Waals surface area contributed by atoms with E-state index in [0.29, 0.717) is 11.3 Å². The monoisotopic (exact) mass is 316 g/mol. The van der Waals surface area contributed by atoms with Crippen LogP contribution in [0, 0.1) is 6.92 Å². The Morgan fingerprint density at radius 1 is 1.39 bits per heavy atom. The first-order valence-corrected chi connectivity index (χ1v) is 8.23. The number of nitrogens with one attached hydrogen (secondary N) is 1. The van der Waals surface area contributed by atoms with Crippen LogP contribution in [0.5, 0.6) is 0 Å². The van der Waals surface area contributed by atoms with Crippen LogP contribution in [0.1, 0.15) is 54.4 Å². The third-order valence-corrected chi connectivity index (χ3v) is 4.55. The second-order valence-electron chi connectivity index (χ2n) is 6.61. The van der Waals surface area contributed by atoms with Crippen LogP contribution in [0.15, 0.2) is 10.6 Å². The molecule has 0 saturated carbocycles. The van der Waals surface area contributed by atoms with Crippen molar-refractivity contribution in [1.29, 1.82) is 0 Å². The minimum Gasteiger partial charge on any atom is -0.339 e. The molecule has 1 fully saturated rings. The van der Waals surface area contributed by atoms with Gasteiger partial charge in [-0.15, -0.1) is 0 Å². The van der Waals surface area contributed by atoms with Gasteiger partial charge in [-0.3, -0.25) is 4.79 Å². The second-order valence-corrected chi connectivity index (χ2v) is 6.61. The molecule has 6 heteroatoms. The Morgan fingerprint density at radius 2 is 2.09 bits per heavy atom. The molecule has 0 spiro atoms. The molecular formula is C17H24N4O2. The van der Waals surface area contributed by atoms with E-state index in [1.54, 1.807) is 0 Å². The van der Waals surface area contributed by atoms with Crippen molar-refractivity contribution in [3.05, 3.63) is 23.0 Å². The number of aryl methyl sites for hydroxylation is 1. The molecule has 1 aliphatic rings. The second kappa shape index (κ2) is 6.28. The van der Waals surface area contributed by atoms with Crippen LogP contribution < -0.4 is 5.32 Å². The molecule has 1 saturated heterocycles. The van der Waals surface area contributed by atoms with Crippen LogP contribution in [0.4, 0.5) is 0 Å². The Bertz CT molecular complexity index is 717. The van der Waals surface area contributed by atoms with Crippen LogP contribution >= 0.6 is 0 Å². The molecule has 0 radical (unpaired) electrons. The maximum absolute atomic E-state index is 13.1. The average Bonchev–Trinajstić information content (AvgIpc) is 2.97. The van der Waals surface area contributed by atoms with E-state index in [2.05, 4.69) is 15.5 Å². The van der Waals surface area contributed by atoms with E-state index in [-0.39, 0.29) is 17.9 Å². The van der Waals surface area contributed by atoms with E-state index >= 15 is 0 Å². The summed E-state index contributed by atoms with van der Waals surface area (Å²) >= 11 is 0. The first kappa shape index (κ1) is 15.9. The number of rotatable bonds is 3. The third-order valence-electron chi connectivity index (χ3n) is 4.55. The van der Waals surface area contributed by atoms with Crippen LogP contribution in [0.3, 0.4) is 0 Å². The largest absolute Gasteiger partial charge is 0.339 e. The Labute approximate surface area is 136 Å². The summed E-state index contributed by atoms with van der Waals surface area (Å²) in [6.07, 6.45) is 1.96. The molecule has 3 rings (SSSR count). The average molecular weight is 316 g/mol. The molecule has 1 aliphatic heterocycles. The number of carbonyl (C=O) groups is 1. The zero-order valence-electron chi connectivity index (χ0n) is 14.2. The van der Waals surface area contributed by atoms with E-state index in [0.717, 1.165) is 42.7 Å². The Kier molecular flexibility index (Phi) is 4.35. The van der Waals surface area contributed by atoms with Gasteiger partial charge in [-0.1, -0.05) is 19.0 Å². The number of pyridine rings is 1. The lowest BCUT2D eigenvalue weighted by molar-refractivity contribution is 0.0705. The van der Waals surface area contributed by atoms with E-state index in [4.69, 9.17) is 4.52 Å². The Morgan fingerprint density at radius 3 is 2.74 bits per heavy atom. The molecule has 3 heterocycles. The van der Waals surface area contributed by atoms with Crippen molar-refractivity contribution in [1.82, 2.24) is 20.4 Å². The van der Waals surface area contributed by atoms with Gasteiger partial charge in [0.05, 0.1) is 16.6 Å². The van der Waals surface area contributed by atoms with Crippen LogP contribution in [-0.4, -0.2) is 47.1 Å². The lowest BCUT2D eigenvalue weighted by Gasteiger charge is -2.31. The van der Waals surface area contributed by atoms with E-state index in [9.17, 15) is 4.79 Å². The molecular weight excluding hydrogens is 292 g/mol. The molecule has 1 N–H and O–H groups in total. The number of carbonyl (C=O) groups excluding carboxylic acids is 1. The minimum atomic E-state index is 0.0255. The van der Waals surface area contributed by atoms with Crippen LogP contribution in [0.2, 0.25) is 0 Å². The fourth-order valence-corrected chi connectivity index (χ4v) is 3.21. The molecule has 0 aliphatic carbocycles. The topological polar surface area (TPSA) is 71.3 Å². The van der Waals surface area contributed by atoms with Gasteiger partial charge in [-0.05, 0) is 44.8 Å². The van der Waals surface area contributed by atoms with Gasteiger partial charge in [-0.25, -0.2) is 4.98 Å². The summed E-state index contributed by atoms with van der Waals surface area (Å²) in [5.41, 5.74) is 2.68. The van der Waals surface area contributed by atoms with Gasteiger partial charge in [0.25, 0.3) is 11.6 Å². The number of hydrogen-bond acceptors (Lipinski definition) is 5. The number of nitrogens with zero attached hydrogens (tertiary/aromatic N) is 3. The smallest absolute Gasteiger partial charge is 0.259 e. The highest BCUT2D eigenvalue weighted by atomic mass is 16.5. The zero-order valence-corrected chi connectivity index (χ0v) is 14.2. The van der Waals surface area contributed by atoms with Crippen molar-refractivity contribution in [2.45, 2.75) is 45.6 Å². The van der Waals surface area contributed by atoms with E-state index in [1.165, 1.54) is 0 Å². The lowest BCUT2D eigenvalue weighted by atomic mass is 10.00. The summed E-state index contributed by atoms with van der Waals surface area (Å²) < 4.78 is 5.37. The summed E-state index contributed by atoms with van der Waals surface area (Å²) in [4.78, 5) is 19.3. The van der Waals surface area contributed by atoms with Crippen molar-refractivity contribution in [3.8, 4) is 0 Å². The number of aromatic nitrogens is 2. The highest BCUT2D eigenvalue weighted by molar-refractivity contribution is 6.06. The zero-order chi connectivity index (χ0) is 16.6. The maximum Gasteiger partial charge on any atom is 0.259 e. The maximum atomic E-state index is 13.1. The molecule has 0 aromatic carbocycles. The summed E-state index contributed by atoms with van der Waals surface area (Å²) in [6, 6.07) is 2.13. The normalized spacial score (nSPS) is 16.2. The molecule has 2 aromatic heterocycles. The Balaban J connectivity index is 2.03. The molecule has 124 valence electrons. The first-order valence-electron chi connectivity index (χ1n) is 8.23. The molecule has 0 unspecified atom stereocenters. The van der Waals surface area contributed by atoms with Gasteiger partial charge in [0, 0.05) is 18.8 Å². The van der Waals surface area contributed by atoms with E-state index < -0.39 is 0 Å². The summed E-state index contributed by atoms with van der Waals surface area (Å²) in [7, 11) is 1.89. The van der Waals surface area contributed by atoms with Crippen LogP contribution in [0.25, 0.3) is 11.1 Å². The third kappa shape index (κ3) is 2.95. The van der Waals surface area contributed by atoms with Gasteiger partial charge in [0.15, 0.2) is 0 Å². The van der Waals surface area contributed by atoms with Crippen molar-refractivity contribution in [2.24, 2.45) is 0 Å². The summed E-state index contributed by atoms with van der Waals surface area (Å²) in [6.45, 7) is 7.87. The fourth-order valence-electron chi connectivity index (χ4n) is 3.21. The fraction of sp³-hybridized carbons (Fsp3) is 0.588.